The summed E-state index contributed by atoms with van der Waals surface area (Å²) >= 11 is 6.05. The maximum Gasteiger partial charge on any atom is 0.269 e. The van der Waals surface area contributed by atoms with Crippen LogP contribution in [0.25, 0.3) is 10.9 Å². The van der Waals surface area contributed by atoms with Gasteiger partial charge in [-0.2, -0.15) is 0 Å². The number of nitrogens with zero attached hydrogens (tertiary/aromatic N) is 1. The number of amides is 1. The Morgan fingerprint density at radius 1 is 1.39 bits per heavy atom. The van der Waals surface area contributed by atoms with Gasteiger partial charge in [-0.15, -0.1) is 0 Å². The van der Waals surface area contributed by atoms with E-state index in [2.05, 4.69) is 10.3 Å². The highest BCUT2D eigenvalue weighted by molar-refractivity contribution is 6.35. The molecular formula is C13H13ClN2O2. The molecule has 4 nitrogen and oxygen atoms in total. The van der Waals surface area contributed by atoms with Gasteiger partial charge in [-0.3, -0.25) is 4.79 Å². The molecule has 1 N–H and O–H groups in total. The van der Waals surface area contributed by atoms with Crippen molar-refractivity contribution in [1.82, 2.24) is 10.3 Å². The molecule has 0 radical (unpaired) electrons. The minimum atomic E-state index is -0.228. The number of fused-ring (bicyclic) bond motifs is 1. The summed E-state index contributed by atoms with van der Waals surface area (Å²) < 4.78 is 4.86. The Morgan fingerprint density at radius 2 is 2.22 bits per heavy atom. The summed E-state index contributed by atoms with van der Waals surface area (Å²) in [5, 5.41) is 4.17. The van der Waals surface area contributed by atoms with E-state index in [1.54, 1.807) is 19.2 Å². The topological polar surface area (TPSA) is 51.2 Å². The van der Waals surface area contributed by atoms with Gasteiger partial charge in [0.1, 0.15) is 5.69 Å². The van der Waals surface area contributed by atoms with Crippen molar-refractivity contribution in [2.75, 3.05) is 20.3 Å². The quantitative estimate of drug-likeness (QED) is 0.862. The van der Waals surface area contributed by atoms with E-state index in [0.29, 0.717) is 29.4 Å². The molecule has 0 spiro atoms. The van der Waals surface area contributed by atoms with Crippen LogP contribution in [0.4, 0.5) is 0 Å². The van der Waals surface area contributed by atoms with Crippen LogP contribution in [-0.4, -0.2) is 31.2 Å². The number of nitrogens with one attached hydrogen (secondary N) is 1. The number of carbonyl (C=O) groups is 1. The zero-order valence-corrected chi connectivity index (χ0v) is 10.7. The maximum atomic E-state index is 11.8. The molecule has 5 heteroatoms. The first-order valence-electron chi connectivity index (χ1n) is 5.55. The first kappa shape index (κ1) is 12.8. The third-order valence-electron chi connectivity index (χ3n) is 2.50. The highest BCUT2D eigenvalue weighted by atomic mass is 35.5. The zero-order chi connectivity index (χ0) is 13.0. The number of methoxy groups -OCH3 is 1. The number of pyridine rings is 1. The van der Waals surface area contributed by atoms with Gasteiger partial charge in [0.25, 0.3) is 5.91 Å². The first-order valence-corrected chi connectivity index (χ1v) is 5.92. The second-order valence-electron chi connectivity index (χ2n) is 3.76. The number of rotatable bonds is 4. The van der Waals surface area contributed by atoms with Crippen LogP contribution in [0, 0.1) is 0 Å². The van der Waals surface area contributed by atoms with Gasteiger partial charge < -0.3 is 10.1 Å². The molecule has 0 unspecified atom stereocenters. The predicted molar refractivity (Wildman–Crippen MR) is 71.0 cm³/mol. The van der Waals surface area contributed by atoms with Crippen molar-refractivity contribution in [3.05, 3.63) is 41.0 Å². The number of hydrogen-bond donors (Lipinski definition) is 1. The lowest BCUT2D eigenvalue weighted by molar-refractivity contribution is 0.0932. The average molecular weight is 265 g/mol. The molecule has 0 aliphatic carbocycles. The van der Waals surface area contributed by atoms with E-state index in [0.717, 1.165) is 5.39 Å². The van der Waals surface area contributed by atoms with Gasteiger partial charge in [0.05, 0.1) is 17.1 Å². The SMILES string of the molecule is COCCNC(=O)c1ccc2cccc(Cl)c2n1. The molecule has 0 saturated heterocycles. The van der Waals surface area contributed by atoms with E-state index in [9.17, 15) is 4.79 Å². The van der Waals surface area contributed by atoms with Crippen LogP contribution < -0.4 is 5.32 Å². The van der Waals surface area contributed by atoms with E-state index in [-0.39, 0.29) is 5.91 Å². The van der Waals surface area contributed by atoms with Gasteiger partial charge >= 0.3 is 0 Å². The third-order valence-corrected chi connectivity index (χ3v) is 2.80. The van der Waals surface area contributed by atoms with Gasteiger partial charge in [-0.1, -0.05) is 29.8 Å². The van der Waals surface area contributed by atoms with Crippen molar-refractivity contribution < 1.29 is 9.53 Å². The molecule has 2 rings (SSSR count). The number of ether oxygens (including phenoxy) is 1. The van der Waals surface area contributed by atoms with Crippen LogP contribution in [0.2, 0.25) is 5.02 Å². The van der Waals surface area contributed by atoms with E-state index in [1.807, 2.05) is 18.2 Å². The number of para-hydroxylation sites is 1. The van der Waals surface area contributed by atoms with Crippen molar-refractivity contribution in [3.63, 3.8) is 0 Å². The number of hydrogen-bond acceptors (Lipinski definition) is 3. The predicted octanol–water partition coefficient (Wildman–Crippen LogP) is 2.26. The Bertz CT molecular complexity index is 572. The summed E-state index contributed by atoms with van der Waals surface area (Å²) in [5.41, 5.74) is 0.991. The number of benzene rings is 1. The zero-order valence-electron chi connectivity index (χ0n) is 9.94. The molecule has 0 aliphatic heterocycles. The van der Waals surface area contributed by atoms with Crippen molar-refractivity contribution in [2.45, 2.75) is 0 Å². The van der Waals surface area contributed by atoms with Gasteiger partial charge in [-0.05, 0) is 12.1 Å². The molecule has 0 saturated carbocycles. The van der Waals surface area contributed by atoms with Crippen molar-refractivity contribution in [3.8, 4) is 0 Å². The molecule has 1 aromatic heterocycles. The Hall–Kier alpha value is -1.65. The summed E-state index contributed by atoms with van der Waals surface area (Å²) in [4.78, 5) is 16.1. The van der Waals surface area contributed by atoms with E-state index >= 15 is 0 Å². The fourth-order valence-electron chi connectivity index (χ4n) is 1.59. The van der Waals surface area contributed by atoms with Crippen LogP contribution in [0.15, 0.2) is 30.3 Å². The molecule has 1 amide bonds. The van der Waals surface area contributed by atoms with E-state index in [1.165, 1.54) is 0 Å². The number of aromatic nitrogens is 1. The van der Waals surface area contributed by atoms with Crippen LogP contribution in [-0.2, 0) is 4.74 Å². The van der Waals surface area contributed by atoms with Crippen LogP contribution in [0.1, 0.15) is 10.5 Å². The Balaban J connectivity index is 2.24. The van der Waals surface area contributed by atoms with Crippen LogP contribution >= 0.6 is 11.6 Å². The lowest BCUT2D eigenvalue weighted by Crippen LogP contribution is -2.27. The van der Waals surface area contributed by atoms with Crippen molar-refractivity contribution >= 4 is 28.4 Å². The van der Waals surface area contributed by atoms with Gasteiger partial charge in [0.15, 0.2) is 0 Å². The average Bonchev–Trinajstić information content (AvgIpc) is 2.39. The number of halogens is 1. The fourth-order valence-corrected chi connectivity index (χ4v) is 1.82. The van der Waals surface area contributed by atoms with E-state index < -0.39 is 0 Å². The minimum absolute atomic E-state index is 0.228. The summed E-state index contributed by atoms with van der Waals surface area (Å²) in [6, 6.07) is 9.02. The Kier molecular flexibility index (Phi) is 4.12. The van der Waals surface area contributed by atoms with Gasteiger partial charge in [0, 0.05) is 19.0 Å². The molecule has 2 aromatic rings. The smallest absolute Gasteiger partial charge is 0.269 e. The fraction of sp³-hybridized carbons (Fsp3) is 0.231. The Morgan fingerprint density at radius 3 is 3.00 bits per heavy atom. The minimum Gasteiger partial charge on any atom is -0.383 e. The Labute approximate surface area is 110 Å². The lowest BCUT2D eigenvalue weighted by atomic mass is 10.2. The first-order chi connectivity index (χ1) is 8.72. The van der Waals surface area contributed by atoms with Crippen LogP contribution in [0.5, 0.6) is 0 Å². The summed E-state index contributed by atoms with van der Waals surface area (Å²) in [6.45, 7) is 0.928. The van der Waals surface area contributed by atoms with Gasteiger partial charge in [0.2, 0.25) is 0 Å². The molecule has 1 heterocycles. The molecule has 1 aromatic carbocycles. The second-order valence-corrected chi connectivity index (χ2v) is 4.16. The summed E-state index contributed by atoms with van der Waals surface area (Å²) in [6.07, 6.45) is 0. The van der Waals surface area contributed by atoms with Gasteiger partial charge in [-0.25, -0.2) is 4.98 Å². The molecule has 94 valence electrons. The lowest BCUT2D eigenvalue weighted by Gasteiger charge is -2.05. The normalized spacial score (nSPS) is 10.6. The summed E-state index contributed by atoms with van der Waals surface area (Å²) in [7, 11) is 1.58. The van der Waals surface area contributed by atoms with Crippen molar-refractivity contribution in [1.29, 1.82) is 0 Å². The second kappa shape index (κ2) is 5.80. The molecule has 0 atom stereocenters. The molecule has 0 fully saturated rings. The highest BCUT2D eigenvalue weighted by Gasteiger charge is 2.08. The highest BCUT2D eigenvalue weighted by Crippen LogP contribution is 2.21. The molecule has 18 heavy (non-hydrogen) atoms. The third kappa shape index (κ3) is 2.78. The molecule has 0 bridgehead atoms. The maximum absolute atomic E-state index is 11.8. The standard InChI is InChI=1S/C13H13ClN2O2/c1-18-8-7-15-13(17)11-6-5-9-3-2-4-10(14)12(9)16-11/h2-6H,7-8H2,1H3,(H,15,17). The monoisotopic (exact) mass is 264 g/mol. The largest absolute Gasteiger partial charge is 0.383 e. The summed E-state index contributed by atoms with van der Waals surface area (Å²) in [5.74, 6) is -0.228. The molecular weight excluding hydrogens is 252 g/mol. The van der Waals surface area contributed by atoms with E-state index in [4.69, 9.17) is 16.3 Å². The number of carbonyl (C=O) groups excluding carboxylic acids is 1. The molecule has 0 aliphatic rings. The van der Waals surface area contributed by atoms with Crippen molar-refractivity contribution in [2.24, 2.45) is 0 Å². The van der Waals surface area contributed by atoms with Crippen LogP contribution in [0.3, 0.4) is 0 Å².